The van der Waals surface area contributed by atoms with Crippen molar-refractivity contribution in [1.29, 1.82) is 0 Å². The Balaban J connectivity index is 0.000000808. The van der Waals surface area contributed by atoms with E-state index >= 15 is 0 Å². The summed E-state index contributed by atoms with van der Waals surface area (Å²) >= 11 is -0.556. The quantitative estimate of drug-likeness (QED) is 0.298. The van der Waals surface area contributed by atoms with Gasteiger partial charge in [0, 0.05) is 5.92 Å². The van der Waals surface area contributed by atoms with Crippen LogP contribution in [0.1, 0.15) is 31.2 Å². The number of halogens is 2. The summed E-state index contributed by atoms with van der Waals surface area (Å²) in [4.78, 5) is 0. The van der Waals surface area contributed by atoms with E-state index in [0.29, 0.717) is 24.4 Å². The fourth-order valence-corrected chi connectivity index (χ4v) is 10.1. The van der Waals surface area contributed by atoms with Crippen molar-refractivity contribution in [2.75, 3.05) is 20.0 Å². The summed E-state index contributed by atoms with van der Waals surface area (Å²) in [5, 5.41) is 9.19. The van der Waals surface area contributed by atoms with E-state index in [-0.39, 0.29) is 7.43 Å². The van der Waals surface area contributed by atoms with Gasteiger partial charge in [-0.1, -0.05) is 81.1 Å². The average molecular weight is 513 g/mol. The molecular formula is C24H36Cl2N3SiTi+. The molecule has 168 valence electrons. The summed E-state index contributed by atoms with van der Waals surface area (Å²) in [6, 6.07) is 11.1. The van der Waals surface area contributed by atoms with Gasteiger partial charge in [0.2, 0.25) is 0 Å². The van der Waals surface area contributed by atoms with Gasteiger partial charge in [0.1, 0.15) is 8.24 Å². The van der Waals surface area contributed by atoms with Crippen molar-refractivity contribution in [2.24, 2.45) is 17.8 Å². The second-order valence-electron chi connectivity index (χ2n) is 9.01. The van der Waals surface area contributed by atoms with Gasteiger partial charge in [-0.2, -0.15) is 0 Å². The molecule has 0 bridgehead atoms. The van der Waals surface area contributed by atoms with E-state index in [2.05, 4.69) is 89.9 Å². The molecule has 1 saturated heterocycles. The predicted molar refractivity (Wildman–Crippen MR) is 135 cm³/mol. The molecule has 0 radical (unpaired) electrons. The van der Waals surface area contributed by atoms with Crippen molar-refractivity contribution in [2.45, 2.75) is 44.3 Å². The number of fused-ring (bicyclic) bond motifs is 1. The Morgan fingerprint density at radius 2 is 1.68 bits per heavy atom. The molecular weight excluding hydrogens is 477 g/mol. The number of nitrogens with zero attached hydrogens (tertiary/aromatic N) is 3. The van der Waals surface area contributed by atoms with Gasteiger partial charge in [0.25, 0.3) is 0 Å². The van der Waals surface area contributed by atoms with E-state index in [0.717, 1.165) is 24.8 Å². The van der Waals surface area contributed by atoms with E-state index in [1.807, 2.05) is 0 Å². The Kier molecular flexibility index (Phi) is 11.6. The Bertz CT molecular complexity index is 710. The van der Waals surface area contributed by atoms with Crippen LogP contribution in [0.5, 0.6) is 0 Å². The van der Waals surface area contributed by atoms with Crippen molar-refractivity contribution in [3.8, 4) is 0 Å². The van der Waals surface area contributed by atoms with Crippen LogP contribution in [0.3, 0.4) is 0 Å². The van der Waals surface area contributed by atoms with E-state index in [1.165, 1.54) is 18.4 Å². The first-order chi connectivity index (χ1) is 14.5. The minimum atomic E-state index is -1.65. The van der Waals surface area contributed by atoms with Crippen molar-refractivity contribution in [1.82, 2.24) is 4.57 Å². The van der Waals surface area contributed by atoms with Crippen LogP contribution in [0, 0.1) is 25.2 Å². The fraction of sp³-hybridized carbons (Fsp3) is 0.542. The van der Waals surface area contributed by atoms with Crippen LogP contribution >= 0.6 is 18.6 Å². The molecule has 2 aliphatic carbocycles. The van der Waals surface area contributed by atoms with Crippen LogP contribution in [-0.4, -0.2) is 32.8 Å². The molecule has 31 heavy (non-hydrogen) atoms. The second-order valence-corrected chi connectivity index (χ2v) is 16.2. The molecule has 1 aromatic carbocycles. The van der Waals surface area contributed by atoms with E-state index in [4.69, 9.17) is 18.6 Å². The molecule has 7 heteroatoms. The molecule has 5 atom stereocenters. The van der Waals surface area contributed by atoms with Gasteiger partial charge in [-0.15, -0.1) is 13.3 Å². The van der Waals surface area contributed by atoms with Crippen LogP contribution in [-0.2, 0) is 17.0 Å². The van der Waals surface area contributed by atoms with Gasteiger partial charge < -0.3 is 22.6 Å². The minimum absolute atomic E-state index is 0. The molecule has 1 aromatic rings. The van der Waals surface area contributed by atoms with E-state index in [1.54, 1.807) is 0 Å². The van der Waals surface area contributed by atoms with Crippen molar-refractivity contribution < 1.29 is 17.0 Å². The third kappa shape index (κ3) is 6.36. The van der Waals surface area contributed by atoms with Crippen molar-refractivity contribution >= 4 is 26.8 Å². The van der Waals surface area contributed by atoms with Crippen LogP contribution in [0.15, 0.2) is 54.6 Å². The zero-order chi connectivity index (χ0) is 21.6. The Hall–Kier alpha value is 0.0912. The van der Waals surface area contributed by atoms with Crippen molar-refractivity contribution in [3.05, 3.63) is 78.3 Å². The predicted octanol–water partition coefficient (Wildman–Crippen LogP) is 7.90. The van der Waals surface area contributed by atoms with E-state index in [9.17, 15) is 0 Å². The number of hydrogen-bond acceptors (Lipinski definition) is 1. The first kappa shape index (κ1) is 27.3. The van der Waals surface area contributed by atoms with Gasteiger partial charge in [-0.3, -0.25) is 6.67 Å². The van der Waals surface area contributed by atoms with Crippen molar-refractivity contribution in [3.63, 3.8) is 0 Å². The molecule has 1 heterocycles. The number of allylic oxidation sites excluding steroid dienone is 4. The fourth-order valence-electron chi connectivity index (χ4n) is 5.92. The third-order valence-electron chi connectivity index (χ3n) is 7.30. The maximum absolute atomic E-state index is 4.89. The molecule has 3 nitrogen and oxygen atoms in total. The molecule has 0 spiro atoms. The van der Waals surface area contributed by atoms with Gasteiger partial charge in [-0.05, 0) is 35.3 Å². The molecule has 3 aliphatic rings. The molecule has 2 fully saturated rings. The Morgan fingerprint density at radius 1 is 1.06 bits per heavy atom. The van der Waals surface area contributed by atoms with Crippen LogP contribution < -0.4 is 0 Å². The van der Waals surface area contributed by atoms with Crippen LogP contribution in [0.25, 0.3) is 10.6 Å². The van der Waals surface area contributed by atoms with Crippen LogP contribution in [0.2, 0.25) is 18.6 Å². The van der Waals surface area contributed by atoms with E-state index < -0.39 is 25.3 Å². The molecule has 0 aromatic heterocycles. The van der Waals surface area contributed by atoms with Gasteiger partial charge in [0.05, 0.1) is 0 Å². The van der Waals surface area contributed by atoms with Gasteiger partial charge >= 0.3 is 35.6 Å². The summed E-state index contributed by atoms with van der Waals surface area (Å²) in [6.45, 7) is 10.0. The number of rotatable bonds is 4. The second kappa shape index (κ2) is 13.1. The zero-order valence-corrected chi connectivity index (χ0v) is 23.3. The SMILES string of the molecule is CCC1CC2C(c3ccccc3)C=CC=CC2C1[Si](C)(C)N1C[N-]C[N-]C1.[CH3-].[Cl][Ti+4][Cl]. The monoisotopic (exact) mass is 512 g/mol. The summed E-state index contributed by atoms with van der Waals surface area (Å²) in [5.41, 5.74) is 2.25. The summed E-state index contributed by atoms with van der Waals surface area (Å²) in [6.07, 6.45) is 12.2. The Morgan fingerprint density at radius 3 is 2.29 bits per heavy atom. The molecule has 0 N–H and O–H groups in total. The maximum atomic E-state index is 4.89. The standard InChI is InChI=1S/C23H33N3Si.CH3.2ClH.Ti/c1-4-18-14-22-20(19-10-6-5-7-11-19)12-8-9-13-21(22)23(18)27(2,3)26-16-24-15-25-17-26;;;;/h5-13,18,20-23H,4,14-17H2,1-3H3;1H3;2*1H;/q-2;-1;;;+6/p-2. The number of hydrogen-bond donors (Lipinski definition) is 0. The topological polar surface area (TPSA) is 31.4 Å². The van der Waals surface area contributed by atoms with Crippen LogP contribution in [0.4, 0.5) is 0 Å². The van der Waals surface area contributed by atoms with Gasteiger partial charge in [-0.25, -0.2) is 0 Å². The molecule has 0 amide bonds. The summed E-state index contributed by atoms with van der Waals surface area (Å²) < 4.78 is 2.63. The summed E-state index contributed by atoms with van der Waals surface area (Å²) in [5.74, 6) is 2.72. The first-order valence-corrected chi connectivity index (χ1v) is 18.2. The summed E-state index contributed by atoms with van der Waals surface area (Å²) in [7, 11) is 8.13. The molecule has 4 rings (SSSR count). The molecule has 1 saturated carbocycles. The molecule has 5 unspecified atom stereocenters. The Labute approximate surface area is 207 Å². The average Bonchev–Trinajstić information content (AvgIpc) is 3.03. The third-order valence-corrected chi connectivity index (χ3v) is 11.7. The first-order valence-electron chi connectivity index (χ1n) is 10.9. The van der Waals surface area contributed by atoms with Gasteiger partial charge in [0.15, 0.2) is 0 Å². The molecule has 1 aliphatic heterocycles. The number of benzene rings is 1. The normalized spacial score (nSPS) is 30.7. The zero-order valence-electron chi connectivity index (χ0n) is 19.2.